The van der Waals surface area contributed by atoms with E-state index in [4.69, 9.17) is 0 Å². The number of hydrogen-bond acceptors (Lipinski definition) is 4. The Morgan fingerprint density at radius 3 is 3.08 bits per heavy atom. The number of thiazole rings is 1. The highest BCUT2D eigenvalue weighted by molar-refractivity contribution is 7.20. The quantitative estimate of drug-likeness (QED) is 0.540. The van der Waals surface area contributed by atoms with E-state index in [9.17, 15) is 0 Å². The molecule has 0 aliphatic carbocycles. The van der Waals surface area contributed by atoms with Crippen LogP contribution in [0.1, 0.15) is 5.01 Å². The van der Waals surface area contributed by atoms with Gasteiger partial charge in [-0.05, 0) is 12.1 Å². The molecule has 0 radical (unpaired) electrons. The van der Waals surface area contributed by atoms with Crippen molar-refractivity contribution in [3.8, 4) is 0 Å². The summed E-state index contributed by atoms with van der Waals surface area (Å²) in [7, 11) is 1.52. The molecule has 0 bridgehead atoms. The standard InChI is InChI=1S/C9H8N2OS/c1-12-10-6-9-11-7-4-2-3-5-8(7)13-9/h2-6H,1H3. The van der Waals surface area contributed by atoms with Crippen molar-refractivity contribution >= 4 is 27.8 Å². The summed E-state index contributed by atoms with van der Waals surface area (Å²) in [4.78, 5) is 8.92. The smallest absolute Gasteiger partial charge is 0.139 e. The molecule has 3 nitrogen and oxygen atoms in total. The van der Waals surface area contributed by atoms with Crippen molar-refractivity contribution in [2.24, 2.45) is 5.16 Å². The molecule has 2 aromatic rings. The lowest BCUT2D eigenvalue weighted by atomic mass is 10.3. The number of para-hydroxylation sites is 1. The highest BCUT2D eigenvalue weighted by Gasteiger charge is 1.99. The summed E-state index contributed by atoms with van der Waals surface area (Å²) in [6.07, 6.45) is 1.62. The number of fused-ring (bicyclic) bond motifs is 1. The maximum Gasteiger partial charge on any atom is 0.139 e. The Balaban J connectivity index is 2.44. The molecule has 2 rings (SSSR count). The first-order chi connectivity index (χ1) is 6.40. The van der Waals surface area contributed by atoms with E-state index >= 15 is 0 Å². The van der Waals surface area contributed by atoms with Crippen LogP contribution in [-0.2, 0) is 4.84 Å². The Morgan fingerprint density at radius 2 is 2.31 bits per heavy atom. The molecule has 66 valence electrons. The number of benzene rings is 1. The van der Waals surface area contributed by atoms with Gasteiger partial charge in [0, 0.05) is 0 Å². The average molecular weight is 192 g/mol. The zero-order chi connectivity index (χ0) is 9.10. The Labute approximate surface area is 79.7 Å². The van der Waals surface area contributed by atoms with E-state index < -0.39 is 0 Å². The maximum atomic E-state index is 4.58. The highest BCUT2D eigenvalue weighted by Crippen LogP contribution is 2.19. The Bertz CT molecular complexity index is 403. The van der Waals surface area contributed by atoms with Crippen molar-refractivity contribution in [1.82, 2.24) is 4.98 Å². The minimum absolute atomic E-state index is 0.864. The Hall–Kier alpha value is -1.42. The molecule has 0 spiro atoms. The predicted octanol–water partition coefficient (Wildman–Crippen LogP) is 2.28. The van der Waals surface area contributed by atoms with Gasteiger partial charge in [0.25, 0.3) is 0 Å². The van der Waals surface area contributed by atoms with Crippen LogP contribution in [0.15, 0.2) is 29.4 Å². The third kappa shape index (κ3) is 1.67. The summed E-state index contributed by atoms with van der Waals surface area (Å²) in [5.41, 5.74) is 1.00. The minimum atomic E-state index is 0.864. The van der Waals surface area contributed by atoms with Crippen LogP contribution < -0.4 is 0 Å². The fourth-order valence-corrected chi connectivity index (χ4v) is 1.87. The molecule has 1 heterocycles. The normalized spacial score (nSPS) is 11.2. The summed E-state index contributed by atoms with van der Waals surface area (Å²) < 4.78 is 1.17. The van der Waals surface area contributed by atoms with Crippen LogP contribution in [0.5, 0.6) is 0 Å². The zero-order valence-corrected chi connectivity index (χ0v) is 7.91. The topological polar surface area (TPSA) is 34.5 Å². The molecule has 1 aromatic carbocycles. The molecule has 0 aliphatic rings. The van der Waals surface area contributed by atoms with Gasteiger partial charge >= 0.3 is 0 Å². The van der Waals surface area contributed by atoms with Crippen LogP contribution >= 0.6 is 11.3 Å². The fraction of sp³-hybridized carbons (Fsp3) is 0.111. The van der Waals surface area contributed by atoms with Gasteiger partial charge in [0.05, 0.1) is 10.2 Å². The zero-order valence-electron chi connectivity index (χ0n) is 7.10. The summed E-state index contributed by atoms with van der Waals surface area (Å²) in [6.45, 7) is 0. The molecule has 0 aliphatic heterocycles. The second-order valence-corrected chi connectivity index (χ2v) is 3.50. The summed E-state index contributed by atoms with van der Waals surface area (Å²) in [6, 6.07) is 7.99. The van der Waals surface area contributed by atoms with Crippen LogP contribution in [0.3, 0.4) is 0 Å². The number of rotatable bonds is 2. The molecule has 0 N–H and O–H groups in total. The lowest BCUT2D eigenvalue weighted by Gasteiger charge is -1.81. The molecular weight excluding hydrogens is 184 g/mol. The summed E-state index contributed by atoms with van der Waals surface area (Å²) >= 11 is 1.60. The van der Waals surface area contributed by atoms with E-state index in [1.807, 2.05) is 24.3 Å². The molecule has 0 saturated carbocycles. The largest absolute Gasteiger partial charge is 0.399 e. The molecule has 13 heavy (non-hydrogen) atoms. The second kappa shape index (κ2) is 3.53. The molecule has 0 saturated heterocycles. The van der Waals surface area contributed by atoms with E-state index in [0.29, 0.717) is 0 Å². The van der Waals surface area contributed by atoms with Crippen molar-refractivity contribution in [1.29, 1.82) is 0 Å². The molecule has 0 unspecified atom stereocenters. The molecule has 1 aromatic heterocycles. The number of aromatic nitrogens is 1. The fourth-order valence-electron chi connectivity index (χ4n) is 1.04. The SMILES string of the molecule is CON=Cc1nc2ccccc2s1. The first kappa shape index (κ1) is 8.19. The molecule has 4 heteroatoms. The number of hydrogen-bond donors (Lipinski definition) is 0. The van der Waals surface area contributed by atoms with Crippen LogP contribution in [0.25, 0.3) is 10.2 Å². The van der Waals surface area contributed by atoms with Gasteiger partial charge in [0.1, 0.15) is 18.3 Å². The Kier molecular flexibility index (Phi) is 2.23. The van der Waals surface area contributed by atoms with Crippen molar-refractivity contribution in [2.45, 2.75) is 0 Å². The van der Waals surface area contributed by atoms with Crippen molar-refractivity contribution in [3.05, 3.63) is 29.3 Å². The monoisotopic (exact) mass is 192 g/mol. The third-order valence-electron chi connectivity index (χ3n) is 1.58. The second-order valence-electron chi connectivity index (χ2n) is 2.44. The lowest BCUT2D eigenvalue weighted by Crippen LogP contribution is -1.78. The molecule has 0 amide bonds. The lowest BCUT2D eigenvalue weighted by molar-refractivity contribution is 0.215. The first-order valence-electron chi connectivity index (χ1n) is 3.82. The van der Waals surface area contributed by atoms with Crippen molar-refractivity contribution in [2.75, 3.05) is 7.11 Å². The summed E-state index contributed by atoms with van der Waals surface area (Å²) in [5, 5.41) is 4.52. The van der Waals surface area contributed by atoms with Crippen LogP contribution in [-0.4, -0.2) is 18.3 Å². The summed E-state index contributed by atoms with van der Waals surface area (Å²) in [5.74, 6) is 0. The van der Waals surface area contributed by atoms with Gasteiger partial charge in [-0.25, -0.2) is 4.98 Å². The molecule has 0 atom stereocenters. The van der Waals surface area contributed by atoms with Gasteiger partial charge in [0.2, 0.25) is 0 Å². The van der Waals surface area contributed by atoms with E-state index in [1.54, 1.807) is 17.6 Å². The number of nitrogens with zero attached hydrogens (tertiary/aromatic N) is 2. The third-order valence-corrected chi connectivity index (χ3v) is 2.55. The van der Waals surface area contributed by atoms with Crippen LogP contribution in [0.4, 0.5) is 0 Å². The van der Waals surface area contributed by atoms with E-state index in [1.165, 1.54) is 11.8 Å². The van der Waals surface area contributed by atoms with E-state index in [2.05, 4.69) is 15.0 Å². The molecular formula is C9H8N2OS. The van der Waals surface area contributed by atoms with Gasteiger partial charge in [-0.3, -0.25) is 0 Å². The van der Waals surface area contributed by atoms with Crippen LogP contribution in [0, 0.1) is 0 Å². The first-order valence-corrected chi connectivity index (χ1v) is 4.64. The van der Waals surface area contributed by atoms with Crippen molar-refractivity contribution < 1.29 is 4.84 Å². The van der Waals surface area contributed by atoms with Gasteiger partial charge in [-0.2, -0.15) is 0 Å². The maximum absolute atomic E-state index is 4.58. The molecule has 0 fully saturated rings. The van der Waals surface area contributed by atoms with Crippen LogP contribution in [0.2, 0.25) is 0 Å². The minimum Gasteiger partial charge on any atom is -0.399 e. The van der Waals surface area contributed by atoms with E-state index in [0.717, 1.165) is 10.5 Å². The predicted molar refractivity (Wildman–Crippen MR) is 54.2 cm³/mol. The van der Waals surface area contributed by atoms with Gasteiger partial charge in [0.15, 0.2) is 0 Å². The van der Waals surface area contributed by atoms with Gasteiger partial charge in [-0.1, -0.05) is 17.3 Å². The average Bonchev–Trinajstić information content (AvgIpc) is 2.57. The Morgan fingerprint density at radius 1 is 1.46 bits per heavy atom. The van der Waals surface area contributed by atoms with Crippen molar-refractivity contribution in [3.63, 3.8) is 0 Å². The van der Waals surface area contributed by atoms with Gasteiger partial charge < -0.3 is 4.84 Å². The number of oxime groups is 1. The highest BCUT2D eigenvalue weighted by atomic mass is 32.1. The van der Waals surface area contributed by atoms with Gasteiger partial charge in [-0.15, -0.1) is 11.3 Å². The van der Waals surface area contributed by atoms with E-state index in [-0.39, 0.29) is 0 Å².